The predicted octanol–water partition coefficient (Wildman–Crippen LogP) is 3.79. The molecule has 0 fully saturated rings. The van der Waals surface area contributed by atoms with E-state index in [1.807, 2.05) is 26.1 Å². The van der Waals surface area contributed by atoms with E-state index in [1.54, 1.807) is 17.4 Å². The number of hydrogen-bond donors (Lipinski definition) is 0. The van der Waals surface area contributed by atoms with Crippen molar-refractivity contribution in [3.63, 3.8) is 0 Å². The molecule has 2 rings (SSSR count). The average molecular weight is 302 g/mol. The van der Waals surface area contributed by atoms with Crippen molar-refractivity contribution in [1.82, 2.24) is 14.9 Å². The summed E-state index contributed by atoms with van der Waals surface area (Å²) in [5.41, 5.74) is 0.887. The maximum absolute atomic E-state index is 5.91. The van der Waals surface area contributed by atoms with E-state index in [0.717, 1.165) is 22.4 Å². The van der Waals surface area contributed by atoms with Gasteiger partial charge in [-0.3, -0.25) is 4.90 Å². The van der Waals surface area contributed by atoms with Crippen molar-refractivity contribution in [1.29, 1.82) is 0 Å². The molecule has 2 aromatic heterocycles. The molecule has 0 spiro atoms. The van der Waals surface area contributed by atoms with E-state index in [9.17, 15) is 0 Å². The van der Waals surface area contributed by atoms with Gasteiger partial charge in [-0.25, -0.2) is 9.97 Å². The smallest absolute Gasteiger partial charge is 0.144 e. The van der Waals surface area contributed by atoms with Crippen LogP contribution in [0.3, 0.4) is 0 Å². The van der Waals surface area contributed by atoms with Gasteiger partial charge in [0.2, 0.25) is 0 Å². The highest BCUT2D eigenvalue weighted by Crippen LogP contribution is 2.22. The highest BCUT2D eigenvalue weighted by molar-refractivity contribution is 7.16. The van der Waals surface area contributed by atoms with E-state index in [0.29, 0.717) is 11.7 Å². The number of nitrogens with zero attached hydrogens (tertiary/aromatic N) is 3. The van der Waals surface area contributed by atoms with Gasteiger partial charge in [0.1, 0.15) is 11.0 Å². The first-order valence-corrected chi connectivity index (χ1v) is 7.03. The summed E-state index contributed by atoms with van der Waals surface area (Å²) in [6.07, 6.45) is 0. The molecule has 96 valence electrons. The first-order valence-electron chi connectivity index (χ1n) is 5.46. The lowest BCUT2D eigenvalue weighted by Gasteiger charge is -2.14. The largest absolute Gasteiger partial charge is 0.294 e. The van der Waals surface area contributed by atoms with Crippen molar-refractivity contribution in [2.24, 2.45) is 0 Å². The minimum Gasteiger partial charge on any atom is -0.294 e. The first kappa shape index (κ1) is 13.7. The molecule has 0 N–H and O–H groups in total. The molecule has 0 saturated carbocycles. The monoisotopic (exact) mass is 301 g/mol. The molecule has 2 aromatic rings. The second kappa shape index (κ2) is 5.97. The van der Waals surface area contributed by atoms with E-state index in [2.05, 4.69) is 14.9 Å². The molecule has 0 unspecified atom stereocenters. The highest BCUT2D eigenvalue weighted by atomic mass is 35.5. The van der Waals surface area contributed by atoms with Crippen molar-refractivity contribution >= 4 is 34.5 Å². The number of aromatic nitrogens is 2. The fourth-order valence-corrected chi connectivity index (χ4v) is 3.08. The summed E-state index contributed by atoms with van der Waals surface area (Å²) in [6.45, 7) is 3.40. The molecule has 0 saturated heterocycles. The molecule has 3 nitrogen and oxygen atoms in total. The standard InChI is InChI=1S/C12H13Cl2N3S/c1-8-5-10(13)16-12(15-8)7-17(2)6-9-3-4-11(14)18-9/h3-5H,6-7H2,1-2H3. The maximum Gasteiger partial charge on any atom is 0.144 e. The summed E-state index contributed by atoms with van der Waals surface area (Å²) in [5.74, 6) is 0.741. The second-order valence-electron chi connectivity index (χ2n) is 4.13. The summed E-state index contributed by atoms with van der Waals surface area (Å²) in [6, 6.07) is 5.70. The molecule has 0 aliphatic rings. The molecule has 0 aromatic carbocycles. The zero-order valence-electron chi connectivity index (χ0n) is 10.2. The van der Waals surface area contributed by atoms with Crippen LogP contribution in [0.1, 0.15) is 16.4 Å². The van der Waals surface area contributed by atoms with Crippen LogP contribution in [0.2, 0.25) is 9.49 Å². The van der Waals surface area contributed by atoms with Gasteiger partial charge in [-0.05, 0) is 32.2 Å². The quantitative estimate of drug-likeness (QED) is 0.805. The Morgan fingerprint density at radius 2 is 2.00 bits per heavy atom. The zero-order valence-corrected chi connectivity index (χ0v) is 12.5. The van der Waals surface area contributed by atoms with Crippen molar-refractivity contribution in [2.75, 3.05) is 7.05 Å². The van der Waals surface area contributed by atoms with E-state index in [4.69, 9.17) is 23.2 Å². The minimum atomic E-state index is 0.491. The van der Waals surface area contributed by atoms with Gasteiger partial charge < -0.3 is 0 Å². The molecule has 0 atom stereocenters. The van der Waals surface area contributed by atoms with Crippen LogP contribution in [0.4, 0.5) is 0 Å². The Morgan fingerprint density at radius 3 is 2.61 bits per heavy atom. The van der Waals surface area contributed by atoms with Gasteiger partial charge in [-0.2, -0.15) is 0 Å². The summed E-state index contributed by atoms with van der Waals surface area (Å²) < 4.78 is 0.813. The predicted molar refractivity (Wildman–Crippen MR) is 76.3 cm³/mol. The Labute approximate surface area is 120 Å². The van der Waals surface area contributed by atoms with Crippen molar-refractivity contribution < 1.29 is 0 Å². The minimum absolute atomic E-state index is 0.491. The maximum atomic E-state index is 5.91. The summed E-state index contributed by atoms with van der Waals surface area (Å²) >= 11 is 13.4. The second-order valence-corrected chi connectivity index (χ2v) is 6.31. The molecule has 2 heterocycles. The number of rotatable bonds is 4. The number of halogens is 2. The SMILES string of the molecule is Cc1cc(Cl)nc(CN(C)Cc2ccc(Cl)s2)n1. The third-order valence-electron chi connectivity index (χ3n) is 2.34. The summed E-state index contributed by atoms with van der Waals surface area (Å²) in [7, 11) is 2.02. The van der Waals surface area contributed by atoms with Gasteiger partial charge in [0, 0.05) is 17.1 Å². The fraction of sp³-hybridized carbons (Fsp3) is 0.333. The Bertz CT molecular complexity index is 522. The lowest BCUT2D eigenvalue weighted by molar-refractivity contribution is 0.313. The van der Waals surface area contributed by atoms with Crippen LogP contribution < -0.4 is 0 Å². The Hall–Kier alpha value is -0.680. The normalized spacial score (nSPS) is 11.2. The average Bonchev–Trinajstić information content (AvgIpc) is 2.61. The van der Waals surface area contributed by atoms with Crippen LogP contribution in [0.5, 0.6) is 0 Å². The summed E-state index contributed by atoms with van der Waals surface area (Å²) in [4.78, 5) is 11.9. The van der Waals surface area contributed by atoms with E-state index < -0.39 is 0 Å². The van der Waals surface area contributed by atoms with E-state index in [-0.39, 0.29) is 0 Å². The molecule has 0 radical (unpaired) electrons. The third-order valence-corrected chi connectivity index (χ3v) is 3.74. The van der Waals surface area contributed by atoms with Gasteiger partial charge in [0.15, 0.2) is 0 Å². The van der Waals surface area contributed by atoms with Crippen LogP contribution in [0, 0.1) is 6.92 Å². The van der Waals surface area contributed by atoms with Gasteiger partial charge in [0.25, 0.3) is 0 Å². The summed E-state index contributed by atoms with van der Waals surface area (Å²) in [5, 5.41) is 0.491. The molecule has 18 heavy (non-hydrogen) atoms. The molecular formula is C12H13Cl2N3S. The topological polar surface area (TPSA) is 29.0 Å². The Kier molecular flexibility index (Phi) is 4.56. The highest BCUT2D eigenvalue weighted by Gasteiger charge is 2.07. The van der Waals surface area contributed by atoms with E-state index >= 15 is 0 Å². The van der Waals surface area contributed by atoms with Gasteiger partial charge in [-0.1, -0.05) is 23.2 Å². The Morgan fingerprint density at radius 1 is 1.22 bits per heavy atom. The number of aryl methyl sites for hydroxylation is 1. The molecule has 6 heteroatoms. The van der Waals surface area contributed by atoms with Crippen LogP contribution in [-0.4, -0.2) is 21.9 Å². The van der Waals surface area contributed by atoms with Gasteiger partial charge >= 0.3 is 0 Å². The molecule has 0 bridgehead atoms. The third kappa shape index (κ3) is 3.92. The fourth-order valence-electron chi connectivity index (χ4n) is 1.66. The van der Waals surface area contributed by atoms with Crippen LogP contribution in [0.15, 0.2) is 18.2 Å². The van der Waals surface area contributed by atoms with Crippen molar-refractivity contribution in [3.05, 3.63) is 44.1 Å². The molecule has 0 amide bonds. The van der Waals surface area contributed by atoms with Crippen molar-refractivity contribution in [2.45, 2.75) is 20.0 Å². The van der Waals surface area contributed by atoms with Crippen LogP contribution in [-0.2, 0) is 13.1 Å². The van der Waals surface area contributed by atoms with Gasteiger partial charge in [0.05, 0.1) is 10.9 Å². The van der Waals surface area contributed by atoms with Crippen molar-refractivity contribution in [3.8, 4) is 0 Å². The zero-order chi connectivity index (χ0) is 13.1. The molecule has 0 aliphatic heterocycles. The molecule has 0 aliphatic carbocycles. The Balaban J connectivity index is 2.00. The lowest BCUT2D eigenvalue weighted by Crippen LogP contribution is -2.18. The van der Waals surface area contributed by atoms with Crippen LogP contribution in [0.25, 0.3) is 0 Å². The van der Waals surface area contributed by atoms with Crippen LogP contribution >= 0.6 is 34.5 Å². The van der Waals surface area contributed by atoms with E-state index in [1.165, 1.54) is 4.88 Å². The lowest BCUT2D eigenvalue weighted by atomic mass is 10.4. The number of hydrogen-bond acceptors (Lipinski definition) is 4. The molecular weight excluding hydrogens is 289 g/mol. The first-order chi connectivity index (χ1) is 8.52. The number of thiophene rings is 1. The van der Waals surface area contributed by atoms with Gasteiger partial charge in [-0.15, -0.1) is 11.3 Å².